The molecular formula is C7H8BrF2NS. The Hall–Kier alpha value is -0.0000000000000000555. The Bertz CT molecular complexity index is 274. The van der Waals surface area contributed by atoms with Crippen LogP contribution in [0.2, 0.25) is 0 Å². The number of hydrogen-bond donors (Lipinski definition) is 1. The predicted octanol–water partition coefficient (Wildman–Crippen LogP) is 3.08. The lowest BCUT2D eigenvalue weighted by Crippen LogP contribution is -2.17. The summed E-state index contributed by atoms with van der Waals surface area (Å²) in [6, 6.07) is 0.625. The molecule has 68 valence electrons. The van der Waals surface area contributed by atoms with Gasteiger partial charge in [0.1, 0.15) is 6.04 Å². The highest BCUT2D eigenvalue weighted by Gasteiger charge is 2.21. The largest absolute Gasteiger partial charge is 0.319 e. The zero-order valence-electron chi connectivity index (χ0n) is 6.35. The molecule has 0 amide bonds. The fourth-order valence-corrected chi connectivity index (χ4v) is 2.76. The average molecular weight is 256 g/mol. The molecule has 0 fully saturated rings. The minimum absolute atomic E-state index is 0.516. The topological polar surface area (TPSA) is 26.0 Å². The third-order valence-corrected chi connectivity index (χ3v) is 3.48. The molecule has 12 heavy (non-hydrogen) atoms. The summed E-state index contributed by atoms with van der Waals surface area (Å²) in [4.78, 5) is 1.50. The van der Waals surface area contributed by atoms with E-state index in [2.05, 4.69) is 15.9 Å². The highest BCUT2D eigenvalue weighted by atomic mass is 79.9. The molecule has 1 aromatic heterocycles. The van der Waals surface area contributed by atoms with Crippen molar-refractivity contribution in [2.75, 3.05) is 0 Å². The van der Waals surface area contributed by atoms with Crippen LogP contribution in [0.4, 0.5) is 8.78 Å². The summed E-state index contributed by atoms with van der Waals surface area (Å²) in [6.07, 6.45) is -2.50. The molecule has 0 aliphatic heterocycles. The molecule has 0 spiro atoms. The SMILES string of the molecule is Cc1cc(Br)c(C(N)C(F)F)s1. The summed E-state index contributed by atoms with van der Waals surface area (Å²) in [7, 11) is 0. The molecule has 1 unspecified atom stereocenters. The van der Waals surface area contributed by atoms with Gasteiger partial charge in [0.05, 0.1) is 0 Å². The van der Waals surface area contributed by atoms with Crippen LogP contribution in [0, 0.1) is 6.92 Å². The van der Waals surface area contributed by atoms with Gasteiger partial charge >= 0.3 is 0 Å². The number of rotatable bonds is 2. The molecule has 0 aromatic carbocycles. The van der Waals surface area contributed by atoms with E-state index in [-0.39, 0.29) is 0 Å². The Morgan fingerprint density at radius 1 is 1.58 bits per heavy atom. The minimum Gasteiger partial charge on any atom is -0.319 e. The fraction of sp³-hybridized carbons (Fsp3) is 0.429. The molecule has 1 atom stereocenters. The minimum atomic E-state index is -2.50. The van der Waals surface area contributed by atoms with Gasteiger partial charge in [0.2, 0.25) is 0 Å². The van der Waals surface area contributed by atoms with E-state index < -0.39 is 12.5 Å². The Labute approximate surface area is 81.7 Å². The van der Waals surface area contributed by atoms with Crippen LogP contribution in [-0.2, 0) is 0 Å². The van der Waals surface area contributed by atoms with Crippen LogP contribution < -0.4 is 5.73 Å². The number of nitrogens with two attached hydrogens (primary N) is 1. The number of halogens is 3. The van der Waals surface area contributed by atoms with E-state index in [9.17, 15) is 8.78 Å². The van der Waals surface area contributed by atoms with Crippen molar-refractivity contribution in [2.24, 2.45) is 5.73 Å². The molecular weight excluding hydrogens is 248 g/mol. The number of hydrogen-bond acceptors (Lipinski definition) is 2. The quantitative estimate of drug-likeness (QED) is 0.864. The lowest BCUT2D eigenvalue weighted by atomic mass is 10.3. The Kier molecular flexibility index (Phi) is 3.20. The normalized spacial score (nSPS) is 13.8. The molecule has 0 saturated heterocycles. The maximum Gasteiger partial charge on any atom is 0.258 e. The van der Waals surface area contributed by atoms with Crippen LogP contribution in [0.1, 0.15) is 15.8 Å². The third kappa shape index (κ3) is 2.02. The van der Waals surface area contributed by atoms with Crippen molar-refractivity contribution in [3.05, 3.63) is 20.3 Å². The van der Waals surface area contributed by atoms with Crippen LogP contribution in [0.3, 0.4) is 0 Å². The molecule has 5 heteroatoms. The zero-order valence-corrected chi connectivity index (χ0v) is 8.75. The standard InChI is InChI=1S/C7H8BrF2NS/c1-3-2-4(8)6(12-3)5(11)7(9)10/h2,5,7H,11H2,1H3. The molecule has 1 rings (SSSR count). The summed E-state index contributed by atoms with van der Waals surface area (Å²) < 4.78 is 25.0. The van der Waals surface area contributed by atoms with Gasteiger partial charge in [-0.2, -0.15) is 0 Å². The van der Waals surface area contributed by atoms with Crippen molar-refractivity contribution in [1.82, 2.24) is 0 Å². The lowest BCUT2D eigenvalue weighted by molar-refractivity contribution is 0.117. The van der Waals surface area contributed by atoms with Gasteiger partial charge in [-0.05, 0) is 28.9 Å². The van der Waals surface area contributed by atoms with Gasteiger partial charge in [0.25, 0.3) is 6.43 Å². The van der Waals surface area contributed by atoms with Gasteiger partial charge in [-0.15, -0.1) is 11.3 Å². The van der Waals surface area contributed by atoms with Crippen molar-refractivity contribution in [3.63, 3.8) is 0 Å². The maximum absolute atomic E-state index is 12.2. The molecule has 0 saturated carbocycles. The molecule has 1 aromatic rings. The smallest absolute Gasteiger partial charge is 0.258 e. The van der Waals surface area contributed by atoms with Crippen molar-refractivity contribution < 1.29 is 8.78 Å². The number of alkyl halides is 2. The van der Waals surface area contributed by atoms with Crippen LogP contribution in [0.5, 0.6) is 0 Å². The Morgan fingerprint density at radius 2 is 2.17 bits per heavy atom. The molecule has 0 bridgehead atoms. The van der Waals surface area contributed by atoms with Gasteiger partial charge in [0, 0.05) is 14.2 Å². The average Bonchev–Trinajstić information content (AvgIpc) is 2.28. The second-order valence-corrected chi connectivity index (χ2v) is 4.57. The first kappa shape index (κ1) is 10.1. The van der Waals surface area contributed by atoms with E-state index >= 15 is 0 Å². The molecule has 0 aliphatic rings. The van der Waals surface area contributed by atoms with E-state index in [1.165, 1.54) is 11.3 Å². The van der Waals surface area contributed by atoms with Gasteiger partial charge < -0.3 is 5.73 Å². The van der Waals surface area contributed by atoms with Gasteiger partial charge in [-0.1, -0.05) is 0 Å². The molecule has 0 aliphatic carbocycles. The van der Waals surface area contributed by atoms with Crippen LogP contribution in [-0.4, -0.2) is 6.43 Å². The highest BCUT2D eigenvalue weighted by Crippen LogP contribution is 2.33. The molecule has 1 nitrogen and oxygen atoms in total. The van der Waals surface area contributed by atoms with Gasteiger partial charge in [-0.3, -0.25) is 0 Å². The maximum atomic E-state index is 12.2. The molecule has 0 radical (unpaired) electrons. The van der Waals surface area contributed by atoms with Crippen molar-refractivity contribution in [2.45, 2.75) is 19.4 Å². The zero-order chi connectivity index (χ0) is 9.30. The monoisotopic (exact) mass is 255 g/mol. The van der Waals surface area contributed by atoms with E-state index in [1.807, 2.05) is 6.92 Å². The first-order valence-electron chi connectivity index (χ1n) is 3.32. The van der Waals surface area contributed by atoms with E-state index in [4.69, 9.17) is 5.73 Å². The number of aryl methyl sites for hydroxylation is 1. The second-order valence-electron chi connectivity index (χ2n) is 2.43. The first-order valence-corrected chi connectivity index (χ1v) is 4.93. The lowest BCUT2D eigenvalue weighted by Gasteiger charge is -2.07. The van der Waals surface area contributed by atoms with Gasteiger partial charge in [0.15, 0.2) is 0 Å². The third-order valence-electron chi connectivity index (χ3n) is 1.41. The van der Waals surface area contributed by atoms with E-state index in [0.29, 0.717) is 9.35 Å². The summed E-state index contributed by atoms with van der Waals surface area (Å²) in [5, 5.41) is 0. The summed E-state index contributed by atoms with van der Waals surface area (Å²) in [6.45, 7) is 1.86. The summed E-state index contributed by atoms with van der Waals surface area (Å²) >= 11 is 4.48. The van der Waals surface area contributed by atoms with Crippen LogP contribution >= 0.6 is 27.3 Å². The Balaban J connectivity index is 2.94. The van der Waals surface area contributed by atoms with Crippen molar-refractivity contribution in [3.8, 4) is 0 Å². The van der Waals surface area contributed by atoms with Gasteiger partial charge in [-0.25, -0.2) is 8.78 Å². The Morgan fingerprint density at radius 3 is 2.50 bits per heavy atom. The second kappa shape index (κ2) is 3.81. The van der Waals surface area contributed by atoms with E-state index in [1.54, 1.807) is 6.07 Å². The predicted molar refractivity (Wildman–Crippen MR) is 49.7 cm³/mol. The van der Waals surface area contributed by atoms with E-state index in [0.717, 1.165) is 4.88 Å². The van der Waals surface area contributed by atoms with Crippen molar-refractivity contribution >= 4 is 27.3 Å². The number of thiophene rings is 1. The van der Waals surface area contributed by atoms with Crippen LogP contribution in [0.25, 0.3) is 0 Å². The molecule has 1 heterocycles. The summed E-state index contributed by atoms with van der Waals surface area (Å²) in [5.74, 6) is 0. The fourth-order valence-electron chi connectivity index (χ4n) is 0.843. The highest BCUT2D eigenvalue weighted by molar-refractivity contribution is 9.10. The first-order chi connectivity index (χ1) is 5.52. The summed E-state index contributed by atoms with van der Waals surface area (Å²) in [5.41, 5.74) is 5.28. The van der Waals surface area contributed by atoms with Crippen molar-refractivity contribution in [1.29, 1.82) is 0 Å². The van der Waals surface area contributed by atoms with Crippen LogP contribution in [0.15, 0.2) is 10.5 Å². The molecule has 2 N–H and O–H groups in total.